The predicted octanol–water partition coefficient (Wildman–Crippen LogP) is 4.60. The number of hydrogen-bond acceptors (Lipinski definition) is 4. The van der Waals surface area contributed by atoms with Gasteiger partial charge in [-0.2, -0.15) is 0 Å². The van der Waals surface area contributed by atoms with Crippen molar-refractivity contribution in [3.05, 3.63) is 47.5 Å². The maximum Gasteiger partial charge on any atom is 0.171 e. The molecule has 3 rings (SSSR count). The fraction of sp³-hybridized carbons (Fsp3) is 0.381. The third kappa shape index (κ3) is 4.45. The Morgan fingerprint density at radius 2 is 1.93 bits per heavy atom. The van der Waals surface area contributed by atoms with E-state index in [1.165, 1.54) is 5.56 Å². The Labute approximate surface area is 166 Å². The standard InChI is InChI=1S/C21H26N2O3S/c1-13-6-8-15-17(12-21(2,3)26-18(15)10-13)23-20(27)22-16-9-7-14(24-4)11-19(16)25-5/h6-11,17H,12H2,1-5H3,(H2,22,23,27)/t17-/m1/s1. The van der Waals surface area contributed by atoms with Crippen molar-refractivity contribution in [1.82, 2.24) is 5.32 Å². The fourth-order valence-electron chi connectivity index (χ4n) is 3.31. The van der Waals surface area contributed by atoms with Crippen LogP contribution in [-0.2, 0) is 0 Å². The van der Waals surface area contributed by atoms with Crippen LogP contribution in [0.3, 0.4) is 0 Å². The van der Waals surface area contributed by atoms with E-state index in [0.29, 0.717) is 10.9 Å². The number of aryl methyl sites for hydroxylation is 1. The highest BCUT2D eigenvalue weighted by Gasteiger charge is 2.34. The normalized spacial score (nSPS) is 17.3. The summed E-state index contributed by atoms with van der Waals surface area (Å²) in [4.78, 5) is 0. The lowest BCUT2D eigenvalue weighted by molar-refractivity contribution is 0.0696. The number of nitrogens with one attached hydrogen (secondary N) is 2. The molecule has 1 aliphatic heterocycles. The Balaban J connectivity index is 1.78. The van der Waals surface area contributed by atoms with Gasteiger partial charge in [0.05, 0.1) is 25.9 Å². The van der Waals surface area contributed by atoms with E-state index >= 15 is 0 Å². The number of methoxy groups -OCH3 is 2. The first kappa shape index (κ1) is 19.3. The van der Waals surface area contributed by atoms with E-state index < -0.39 is 0 Å². The molecule has 0 aliphatic carbocycles. The van der Waals surface area contributed by atoms with Crippen molar-refractivity contribution >= 4 is 23.0 Å². The number of anilines is 1. The van der Waals surface area contributed by atoms with E-state index in [0.717, 1.165) is 29.2 Å². The minimum Gasteiger partial charge on any atom is -0.497 e. The lowest BCUT2D eigenvalue weighted by Crippen LogP contribution is -2.42. The Morgan fingerprint density at radius 3 is 2.63 bits per heavy atom. The largest absolute Gasteiger partial charge is 0.497 e. The van der Waals surface area contributed by atoms with Crippen LogP contribution in [-0.4, -0.2) is 24.9 Å². The number of ether oxygens (including phenoxy) is 3. The summed E-state index contributed by atoms with van der Waals surface area (Å²) in [6.45, 7) is 6.25. The summed E-state index contributed by atoms with van der Waals surface area (Å²) >= 11 is 5.57. The summed E-state index contributed by atoms with van der Waals surface area (Å²) in [7, 11) is 3.25. The Kier molecular flexibility index (Phi) is 5.46. The quantitative estimate of drug-likeness (QED) is 0.749. The summed E-state index contributed by atoms with van der Waals surface area (Å²) in [6, 6.07) is 11.9. The lowest BCUT2D eigenvalue weighted by atomic mass is 9.89. The zero-order valence-electron chi connectivity index (χ0n) is 16.4. The van der Waals surface area contributed by atoms with Gasteiger partial charge in [-0.25, -0.2) is 0 Å². The van der Waals surface area contributed by atoms with Crippen molar-refractivity contribution in [2.24, 2.45) is 0 Å². The van der Waals surface area contributed by atoms with Crippen LogP contribution >= 0.6 is 12.2 Å². The van der Waals surface area contributed by atoms with Crippen LogP contribution < -0.4 is 24.8 Å². The van der Waals surface area contributed by atoms with Crippen LogP contribution in [0.2, 0.25) is 0 Å². The van der Waals surface area contributed by atoms with Gasteiger partial charge in [0.25, 0.3) is 0 Å². The summed E-state index contributed by atoms with van der Waals surface area (Å²) < 4.78 is 16.8. The summed E-state index contributed by atoms with van der Waals surface area (Å²) in [6.07, 6.45) is 0.810. The maximum atomic E-state index is 6.15. The lowest BCUT2D eigenvalue weighted by Gasteiger charge is -2.38. The molecule has 144 valence electrons. The summed E-state index contributed by atoms with van der Waals surface area (Å²) in [5.74, 6) is 2.31. The molecule has 2 aromatic rings. The van der Waals surface area contributed by atoms with Crippen molar-refractivity contribution < 1.29 is 14.2 Å². The van der Waals surface area contributed by atoms with E-state index in [1.807, 2.05) is 18.2 Å². The van der Waals surface area contributed by atoms with E-state index in [9.17, 15) is 0 Å². The van der Waals surface area contributed by atoms with Gasteiger partial charge in [-0.3, -0.25) is 0 Å². The van der Waals surface area contributed by atoms with Crippen LogP contribution in [0.5, 0.6) is 17.2 Å². The maximum absolute atomic E-state index is 6.15. The molecule has 1 aliphatic rings. The van der Waals surface area contributed by atoms with Gasteiger partial charge >= 0.3 is 0 Å². The first-order valence-electron chi connectivity index (χ1n) is 8.90. The molecule has 0 saturated carbocycles. The van der Waals surface area contributed by atoms with Gasteiger partial charge < -0.3 is 24.8 Å². The van der Waals surface area contributed by atoms with Crippen LogP contribution in [0.4, 0.5) is 5.69 Å². The Hall–Kier alpha value is -2.47. The highest BCUT2D eigenvalue weighted by molar-refractivity contribution is 7.80. The van der Waals surface area contributed by atoms with Gasteiger partial charge in [0.1, 0.15) is 22.8 Å². The molecule has 0 fully saturated rings. The molecule has 27 heavy (non-hydrogen) atoms. The van der Waals surface area contributed by atoms with Crippen LogP contribution in [0.25, 0.3) is 0 Å². The summed E-state index contributed by atoms with van der Waals surface area (Å²) in [5.41, 5.74) is 2.80. The SMILES string of the molecule is COc1ccc(NC(=S)N[C@@H]2CC(C)(C)Oc3cc(C)ccc32)c(OC)c1. The number of thiocarbonyl (C=S) groups is 1. The molecule has 1 heterocycles. The minimum atomic E-state index is -0.272. The number of fused-ring (bicyclic) bond motifs is 1. The topological polar surface area (TPSA) is 51.8 Å². The van der Waals surface area contributed by atoms with Gasteiger partial charge in [0.15, 0.2) is 5.11 Å². The summed E-state index contributed by atoms with van der Waals surface area (Å²) in [5, 5.41) is 7.20. The molecule has 0 bridgehead atoms. The molecule has 0 saturated heterocycles. The van der Waals surface area contributed by atoms with Gasteiger partial charge in [-0.05, 0) is 56.8 Å². The van der Waals surface area contributed by atoms with Gasteiger partial charge in [-0.15, -0.1) is 0 Å². The first-order chi connectivity index (χ1) is 12.8. The molecule has 0 amide bonds. The second kappa shape index (κ2) is 7.64. The molecule has 2 N–H and O–H groups in total. The third-order valence-electron chi connectivity index (χ3n) is 4.59. The number of hydrogen-bond donors (Lipinski definition) is 2. The van der Waals surface area contributed by atoms with Gasteiger partial charge in [-0.1, -0.05) is 12.1 Å². The Morgan fingerprint density at radius 1 is 1.15 bits per heavy atom. The first-order valence-corrected chi connectivity index (χ1v) is 9.31. The smallest absolute Gasteiger partial charge is 0.171 e. The monoisotopic (exact) mass is 386 g/mol. The molecule has 0 aromatic heterocycles. The average Bonchev–Trinajstić information content (AvgIpc) is 2.60. The molecular formula is C21H26N2O3S. The molecule has 5 nitrogen and oxygen atoms in total. The molecule has 0 spiro atoms. The number of rotatable bonds is 4. The average molecular weight is 387 g/mol. The molecule has 6 heteroatoms. The minimum absolute atomic E-state index is 0.0635. The van der Waals surface area contributed by atoms with E-state index in [1.54, 1.807) is 14.2 Å². The van der Waals surface area contributed by atoms with E-state index in [4.69, 9.17) is 26.4 Å². The molecule has 1 atom stereocenters. The number of benzene rings is 2. The highest BCUT2D eigenvalue weighted by Crippen LogP contribution is 2.40. The van der Waals surface area contributed by atoms with Crippen molar-refractivity contribution in [3.63, 3.8) is 0 Å². The van der Waals surface area contributed by atoms with Gasteiger partial charge in [0, 0.05) is 18.1 Å². The van der Waals surface area contributed by atoms with E-state index in [-0.39, 0.29) is 11.6 Å². The van der Waals surface area contributed by atoms with Crippen LogP contribution in [0.15, 0.2) is 36.4 Å². The molecule has 0 unspecified atom stereocenters. The van der Waals surface area contributed by atoms with Crippen molar-refractivity contribution in [2.75, 3.05) is 19.5 Å². The van der Waals surface area contributed by atoms with Crippen molar-refractivity contribution in [3.8, 4) is 17.2 Å². The van der Waals surface area contributed by atoms with Crippen LogP contribution in [0.1, 0.15) is 37.4 Å². The van der Waals surface area contributed by atoms with Gasteiger partial charge in [0.2, 0.25) is 0 Å². The zero-order valence-corrected chi connectivity index (χ0v) is 17.2. The van der Waals surface area contributed by atoms with Crippen LogP contribution in [0, 0.1) is 6.92 Å². The zero-order chi connectivity index (χ0) is 19.6. The molecule has 0 radical (unpaired) electrons. The highest BCUT2D eigenvalue weighted by atomic mass is 32.1. The van der Waals surface area contributed by atoms with Crippen molar-refractivity contribution in [1.29, 1.82) is 0 Å². The second-order valence-corrected chi connectivity index (χ2v) is 7.73. The third-order valence-corrected chi connectivity index (χ3v) is 4.81. The fourth-order valence-corrected chi connectivity index (χ4v) is 3.56. The predicted molar refractivity (Wildman–Crippen MR) is 112 cm³/mol. The van der Waals surface area contributed by atoms with Crippen molar-refractivity contribution in [2.45, 2.75) is 38.8 Å². The molecule has 2 aromatic carbocycles. The van der Waals surface area contributed by atoms with E-state index in [2.05, 4.69) is 49.6 Å². The Bertz CT molecular complexity index is 851. The molecular weight excluding hydrogens is 360 g/mol. The second-order valence-electron chi connectivity index (χ2n) is 7.32.